The Morgan fingerprint density at radius 3 is 2.93 bits per heavy atom. The summed E-state index contributed by atoms with van der Waals surface area (Å²) in [5, 5.41) is 7.43. The lowest BCUT2D eigenvalue weighted by Gasteiger charge is -2.40. The van der Waals surface area contributed by atoms with Crippen molar-refractivity contribution in [3.05, 3.63) is 58.8 Å². The van der Waals surface area contributed by atoms with Crippen LogP contribution < -0.4 is 15.5 Å². The maximum Gasteiger partial charge on any atom is 0.247 e. The van der Waals surface area contributed by atoms with Crippen LogP contribution >= 0.6 is 11.6 Å². The molecule has 6 heteroatoms. The summed E-state index contributed by atoms with van der Waals surface area (Å²) in [6, 6.07) is 10.3. The van der Waals surface area contributed by atoms with Crippen LogP contribution in [0.4, 0.5) is 11.5 Å². The molecule has 150 valence electrons. The Hall–Kier alpha value is -2.37. The van der Waals surface area contributed by atoms with E-state index < -0.39 is 0 Å². The van der Waals surface area contributed by atoms with Gasteiger partial charge in [0.1, 0.15) is 6.04 Å². The number of aromatic nitrogens is 1. The average Bonchev–Trinajstić information content (AvgIpc) is 2.74. The number of anilines is 2. The van der Waals surface area contributed by atoms with E-state index in [0.29, 0.717) is 0 Å². The van der Waals surface area contributed by atoms with Crippen LogP contribution in [0.15, 0.2) is 42.6 Å². The zero-order chi connectivity index (χ0) is 19.8. The molecule has 2 atom stereocenters. The Labute approximate surface area is 176 Å². The van der Waals surface area contributed by atoms with Crippen LogP contribution in [0.1, 0.15) is 36.8 Å². The number of hydrogen-bond acceptors (Lipinski definition) is 4. The first kappa shape index (κ1) is 18.6. The van der Waals surface area contributed by atoms with Gasteiger partial charge in [0.25, 0.3) is 0 Å². The lowest BCUT2D eigenvalue weighted by Crippen LogP contribution is -2.51. The number of piperidine rings is 1. The minimum Gasteiger partial charge on any atom is -0.343 e. The number of benzene rings is 1. The maximum atomic E-state index is 12.5. The molecular formula is C23H25ClN4O. The van der Waals surface area contributed by atoms with E-state index in [4.69, 9.17) is 16.6 Å². The summed E-state index contributed by atoms with van der Waals surface area (Å²) in [5.74, 6) is 1.03. The van der Waals surface area contributed by atoms with Gasteiger partial charge in [-0.1, -0.05) is 29.8 Å². The van der Waals surface area contributed by atoms with Crippen molar-refractivity contribution in [2.24, 2.45) is 0 Å². The highest BCUT2D eigenvalue weighted by molar-refractivity contribution is 6.30. The highest BCUT2D eigenvalue weighted by Crippen LogP contribution is 2.35. The number of nitrogens with one attached hydrogen (secondary N) is 2. The third-order valence-electron chi connectivity index (χ3n) is 6.13. The van der Waals surface area contributed by atoms with Gasteiger partial charge >= 0.3 is 0 Å². The molecule has 3 aliphatic heterocycles. The van der Waals surface area contributed by atoms with Crippen LogP contribution in [0.3, 0.4) is 0 Å². The van der Waals surface area contributed by atoms with Crippen LogP contribution in [-0.2, 0) is 11.2 Å². The summed E-state index contributed by atoms with van der Waals surface area (Å²) in [6.45, 7) is 1.86. The number of halogens is 1. The monoisotopic (exact) mass is 408 g/mol. The van der Waals surface area contributed by atoms with Gasteiger partial charge in [-0.05, 0) is 73.5 Å². The number of hydrogen-bond donors (Lipinski definition) is 2. The van der Waals surface area contributed by atoms with Crippen LogP contribution in [0.2, 0.25) is 5.02 Å². The summed E-state index contributed by atoms with van der Waals surface area (Å²) in [6.07, 6.45) is 9.27. The van der Waals surface area contributed by atoms with E-state index in [-0.39, 0.29) is 18.0 Å². The van der Waals surface area contributed by atoms with Crippen molar-refractivity contribution < 1.29 is 4.79 Å². The Kier molecular flexibility index (Phi) is 5.02. The summed E-state index contributed by atoms with van der Waals surface area (Å²) in [5.41, 5.74) is 4.56. The smallest absolute Gasteiger partial charge is 0.247 e. The number of rotatable bonds is 3. The zero-order valence-electron chi connectivity index (χ0n) is 16.3. The predicted octanol–water partition coefficient (Wildman–Crippen LogP) is 4.03. The number of amides is 1. The predicted molar refractivity (Wildman–Crippen MR) is 117 cm³/mol. The van der Waals surface area contributed by atoms with Crippen molar-refractivity contribution in [3.63, 3.8) is 0 Å². The number of fused-ring (bicyclic) bond motifs is 3. The molecule has 0 spiro atoms. The average molecular weight is 409 g/mol. The topological polar surface area (TPSA) is 57.3 Å². The molecule has 1 aromatic carbocycles. The Morgan fingerprint density at radius 1 is 1.21 bits per heavy atom. The van der Waals surface area contributed by atoms with Crippen molar-refractivity contribution in [2.45, 2.75) is 44.2 Å². The number of carbonyl (C=O) groups excluding carboxylic acids is 1. The van der Waals surface area contributed by atoms with Crippen LogP contribution in [0, 0.1) is 0 Å². The molecule has 29 heavy (non-hydrogen) atoms. The molecular weight excluding hydrogens is 384 g/mol. The minimum atomic E-state index is -0.0560. The molecule has 0 radical (unpaired) electrons. The van der Waals surface area contributed by atoms with Gasteiger partial charge < -0.3 is 15.5 Å². The van der Waals surface area contributed by atoms with Crippen molar-refractivity contribution >= 4 is 34.6 Å². The van der Waals surface area contributed by atoms with E-state index in [1.807, 2.05) is 18.3 Å². The van der Waals surface area contributed by atoms with Crippen molar-refractivity contribution in [1.29, 1.82) is 0 Å². The second-order valence-corrected chi connectivity index (χ2v) is 8.56. The van der Waals surface area contributed by atoms with Gasteiger partial charge in [0.2, 0.25) is 5.91 Å². The third-order valence-corrected chi connectivity index (χ3v) is 6.38. The van der Waals surface area contributed by atoms with E-state index in [1.54, 1.807) is 0 Å². The molecule has 2 N–H and O–H groups in total. The van der Waals surface area contributed by atoms with Crippen LogP contribution in [0.25, 0.3) is 5.57 Å². The van der Waals surface area contributed by atoms with E-state index in [9.17, 15) is 4.79 Å². The molecule has 0 bridgehead atoms. The highest BCUT2D eigenvalue weighted by Gasteiger charge is 2.35. The second-order valence-electron chi connectivity index (χ2n) is 8.12. The normalized spacial score (nSPS) is 23.7. The first-order valence-corrected chi connectivity index (χ1v) is 10.8. The van der Waals surface area contributed by atoms with Crippen molar-refractivity contribution in [3.8, 4) is 0 Å². The molecule has 1 fully saturated rings. The number of carbonyl (C=O) groups is 1. The first-order valence-electron chi connectivity index (χ1n) is 10.4. The molecule has 0 saturated carbocycles. The van der Waals surface area contributed by atoms with Gasteiger partial charge in [0.05, 0.1) is 5.69 Å². The molecule has 4 heterocycles. The first-order chi connectivity index (χ1) is 14.2. The lowest BCUT2D eigenvalue weighted by molar-refractivity contribution is -0.118. The molecule has 1 amide bonds. The van der Waals surface area contributed by atoms with Gasteiger partial charge in [-0.3, -0.25) is 4.79 Å². The summed E-state index contributed by atoms with van der Waals surface area (Å²) < 4.78 is 0. The maximum absolute atomic E-state index is 12.5. The lowest BCUT2D eigenvalue weighted by atomic mass is 9.94. The summed E-state index contributed by atoms with van der Waals surface area (Å²) in [7, 11) is 0. The van der Waals surface area contributed by atoms with Gasteiger partial charge in [-0.15, -0.1) is 0 Å². The van der Waals surface area contributed by atoms with E-state index >= 15 is 0 Å². The number of nitrogens with zero attached hydrogens (tertiary/aromatic N) is 2. The fourth-order valence-corrected chi connectivity index (χ4v) is 4.80. The third kappa shape index (κ3) is 3.77. The molecule has 1 aromatic heterocycles. The molecule has 2 aromatic rings. The molecule has 5 nitrogen and oxygen atoms in total. The second kappa shape index (κ2) is 7.81. The summed E-state index contributed by atoms with van der Waals surface area (Å²) in [4.78, 5) is 19.4. The molecule has 0 aliphatic carbocycles. The van der Waals surface area contributed by atoms with Crippen LogP contribution in [-0.4, -0.2) is 36.1 Å². The van der Waals surface area contributed by atoms with Gasteiger partial charge in [0.15, 0.2) is 5.82 Å². The molecule has 5 rings (SSSR count). The van der Waals surface area contributed by atoms with Crippen molar-refractivity contribution in [2.75, 3.05) is 23.3 Å². The molecule has 3 aliphatic rings. The standard InChI is InChI=1S/C23H25ClN4O/c24-18-6-4-16(5-7-18)17-8-9-25-19(13-17)11-15-12-20-22(26-14-15)28-10-2-1-3-21(28)23(29)27-20/h4-7,12-14,19,21,25H,1-3,8-11H2,(H,27,29)/t19?,21-/m0/s1. The highest BCUT2D eigenvalue weighted by atomic mass is 35.5. The fraction of sp³-hybridized carbons (Fsp3) is 0.391. The van der Waals surface area contributed by atoms with Gasteiger partial charge in [-0.25, -0.2) is 4.98 Å². The molecule has 1 saturated heterocycles. The van der Waals surface area contributed by atoms with E-state index in [1.165, 1.54) is 11.1 Å². The SMILES string of the molecule is O=C1Nc2cc(CC3C=C(c4ccc(Cl)cc4)CCN3)cnc2N2CCCC[C@@H]12. The largest absolute Gasteiger partial charge is 0.343 e. The fourth-order valence-electron chi connectivity index (χ4n) is 4.67. The molecule has 1 unspecified atom stereocenters. The van der Waals surface area contributed by atoms with E-state index in [0.717, 1.165) is 67.3 Å². The minimum absolute atomic E-state index is 0.0560. The number of pyridine rings is 1. The van der Waals surface area contributed by atoms with Crippen molar-refractivity contribution in [1.82, 2.24) is 10.3 Å². The van der Waals surface area contributed by atoms with Gasteiger partial charge in [-0.2, -0.15) is 0 Å². The Balaban J connectivity index is 1.36. The quantitative estimate of drug-likeness (QED) is 0.804. The zero-order valence-corrected chi connectivity index (χ0v) is 17.1. The summed E-state index contributed by atoms with van der Waals surface area (Å²) >= 11 is 6.03. The van der Waals surface area contributed by atoms with Crippen LogP contribution in [0.5, 0.6) is 0 Å². The Morgan fingerprint density at radius 2 is 2.07 bits per heavy atom. The van der Waals surface area contributed by atoms with Gasteiger partial charge in [0, 0.05) is 23.8 Å². The van der Waals surface area contributed by atoms with E-state index in [2.05, 4.69) is 39.8 Å². The Bertz CT molecular complexity index is 956.